The summed E-state index contributed by atoms with van der Waals surface area (Å²) in [4.78, 5) is 11.7. The lowest BCUT2D eigenvalue weighted by atomic mass is 10.1. The number of aromatic nitrogens is 2. The molecule has 1 fully saturated rings. The lowest BCUT2D eigenvalue weighted by Crippen LogP contribution is -2.35. The highest BCUT2D eigenvalue weighted by molar-refractivity contribution is 7.91. The van der Waals surface area contributed by atoms with Crippen LogP contribution >= 0.6 is 11.3 Å². The van der Waals surface area contributed by atoms with Crippen molar-refractivity contribution in [3.8, 4) is 0 Å². The van der Waals surface area contributed by atoms with Gasteiger partial charge in [-0.2, -0.15) is 4.31 Å². The van der Waals surface area contributed by atoms with E-state index in [9.17, 15) is 13.2 Å². The SMILES string of the molecule is CC(C)CC(=O)Nc1nnc(S(=O)(=O)N2CCCCC2)s1. The van der Waals surface area contributed by atoms with Crippen molar-refractivity contribution < 1.29 is 13.2 Å². The third-order valence-electron chi connectivity index (χ3n) is 3.12. The fourth-order valence-corrected chi connectivity index (χ4v) is 4.69. The highest BCUT2D eigenvalue weighted by Gasteiger charge is 2.29. The number of sulfonamides is 1. The van der Waals surface area contributed by atoms with E-state index in [2.05, 4.69) is 15.5 Å². The first kappa shape index (κ1) is 16.3. The van der Waals surface area contributed by atoms with Crippen LogP contribution in [0.25, 0.3) is 0 Å². The molecule has 0 unspecified atom stereocenters. The molecule has 7 nitrogen and oxygen atoms in total. The predicted molar refractivity (Wildman–Crippen MR) is 80.6 cm³/mol. The van der Waals surface area contributed by atoms with Crippen molar-refractivity contribution in [2.24, 2.45) is 5.92 Å². The lowest BCUT2D eigenvalue weighted by Gasteiger charge is -2.24. The lowest BCUT2D eigenvalue weighted by molar-refractivity contribution is -0.116. The van der Waals surface area contributed by atoms with Gasteiger partial charge in [-0.15, -0.1) is 10.2 Å². The maximum Gasteiger partial charge on any atom is 0.272 e. The van der Waals surface area contributed by atoms with Gasteiger partial charge in [0, 0.05) is 19.5 Å². The maximum atomic E-state index is 12.4. The van der Waals surface area contributed by atoms with Crippen LogP contribution in [-0.2, 0) is 14.8 Å². The third-order valence-corrected chi connectivity index (χ3v) is 6.21. The minimum atomic E-state index is -3.57. The molecule has 1 amide bonds. The molecule has 1 N–H and O–H groups in total. The molecule has 2 heterocycles. The van der Waals surface area contributed by atoms with E-state index in [1.807, 2.05) is 13.8 Å². The minimum Gasteiger partial charge on any atom is -0.300 e. The summed E-state index contributed by atoms with van der Waals surface area (Å²) in [6, 6.07) is 0. The van der Waals surface area contributed by atoms with E-state index in [0.29, 0.717) is 19.5 Å². The summed E-state index contributed by atoms with van der Waals surface area (Å²) < 4.78 is 26.2. The number of piperidine rings is 1. The van der Waals surface area contributed by atoms with E-state index in [-0.39, 0.29) is 21.3 Å². The number of nitrogens with zero attached hydrogens (tertiary/aromatic N) is 3. The number of nitrogens with one attached hydrogen (secondary N) is 1. The molecule has 0 aromatic carbocycles. The molecule has 0 spiro atoms. The zero-order valence-corrected chi connectivity index (χ0v) is 13.8. The van der Waals surface area contributed by atoms with Crippen molar-refractivity contribution >= 4 is 32.4 Å². The second kappa shape index (κ2) is 6.80. The third kappa shape index (κ3) is 4.21. The van der Waals surface area contributed by atoms with E-state index in [4.69, 9.17) is 0 Å². The molecule has 2 rings (SSSR count). The Morgan fingerprint density at radius 1 is 1.29 bits per heavy atom. The van der Waals surface area contributed by atoms with Gasteiger partial charge in [0.25, 0.3) is 10.0 Å². The summed E-state index contributed by atoms with van der Waals surface area (Å²) >= 11 is 0.905. The van der Waals surface area contributed by atoms with Gasteiger partial charge in [0.1, 0.15) is 0 Å². The summed E-state index contributed by atoms with van der Waals surface area (Å²) in [7, 11) is -3.57. The molecule has 118 valence electrons. The molecule has 0 saturated carbocycles. The van der Waals surface area contributed by atoms with E-state index in [0.717, 1.165) is 30.6 Å². The molecule has 9 heteroatoms. The summed E-state index contributed by atoms with van der Waals surface area (Å²) in [6.07, 6.45) is 3.17. The van der Waals surface area contributed by atoms with Gasteiger partial charge in [0.15, 0.2) is 0 Å². The molecule has 0 aliphatic carbocycles. The Bertz CT molecular complexity index is 591. The topological polar surface area (TPSA) is 92.3 Å². The van der Waals surface area contributed by atoms with Gasteiger partial charge in [-0.25, -0.2) is 8.42 Å². The van der Waals surface area contributed by atoms with Crippen LogP contribution in [0.2, 0.25) is 0 Å². The highest BCUT2D eigenvalue weighted by Crippen LogP contribution is 2.25. The van der Waals surface area contributed by atoms with Gasteiger partial charge < -0.3 is 5.32 Å². The van der Waals surface area contributed by atoms with Crippen LogP contribution in [-0.4, -0.2) is 41.9 Å². The minimum absolute atomic E-state index is 0.0516. The Kier molecular flexibility index (Phi) is 5.28. The van der Waals surface area contributed by atoms with Crippen molar-refractivity contribution in [3.05, 3.63) is 0 Å². The van der Waals surface area contributed by atoms with Crippen LogP contribution in [0.3, 0.4) is 0 Å². The molecule has 1 aliphatic heterocycles. The van der Waals surface area contributed by atoms with Crippen molar-refractivity contribution in [2.75, 3.05) is 18.4 Å². The summed E-state index contributed by atoms with van der Waals surface area (Å²) in [5, 5.41) is 10.3. The van der Waals surface area contributed by atoms with E-state index in [1.54, 1.807) is 0 Å². The van der Waals surface area contributed by atoms with Gasteiger partial charge in [0.05, 0.1) is 0 Å². The highest BCUT2D eigenvalue weighted by atomic mass is 32.2. The molecule has 0 radical (unpaired) electrons. The standard InChI is InChI=1S/C12H20N4O3S2/c1-9(2)8-10(17)13-11-14-15-12(20-11)21(18,19)16-6-4-3-5-7-16/h9H,3-8H2,1-2H3,(H,13,14,17). The fourth-order valence-electron chi connectivity index (χ4n) is 2.12. The van der Waals surface area contributed by atoms with Crippen LogP contribution < -0.4 is 5.32 Å². The van der Waals surface area contributed by atoms with Crippen LogP contribution in [0.15, 0.2) is 4.34 Å². The number of amides is 1. The smallest absolute Gasteiger partial charge is 0.272 e. The monoisotopic (exact) mass is 332 g/mol. The summed E-state index contributed by atoms with van der Waals surface area (Å²) in [6.45, 7) is 4.92. The quantitative estimate of drug-likeness (QED) is 0.829. The number of hydrogen-bond acceptors (Lipinski definition) is 6. The summed E-state index contributed by atoms with van der Waals surface area (Å²) in [5.74, 6) is 0.0533. The van der Waals surface area contributed by atoms with Gasteiger partial charge in [-0.1, -0.05) is 31.6 Å². The van der Waals surface area contributed by atoms with Gasteiger partial charge in [-0.3, -0.25) is 4.79 Å². The van der Waals surface area contributed by atoms with Crippen LogP contribution in [0.1, 0.15) is 39.5 Å². The van der Waals surface area contributed by atoms with Crippen molar-refractivity contribution in [3.63, 3.8) is 0 Å². The van der Waals surface area contributed by atoms with Gasteiger partial charge in [-0.05, 0) is 18.8 Å². The Morgan fingerprint density at radius 2 is 1.95 bits per heavy atom. The van der Waals surface area contributed by atoms with Crippen molar-refractivity contribution in [1.82, 2.24) is 14.5 Å². The first-order chi connectivity index (χ1) is 9.89. The summed E-state index contributed by atoms with van der Waals surface area (Å²) in [5.41, 5.74) is 0. The average Bonchev–Trinajstić information content (AvgIpc) is 2.88. The number of hydrogen-bond donors (Lipinski definition) is 1. The van der Waals surface area contributed by atoms with E-state index < -0.39 is 10.0 Å². The van der Waals surface area contributed by atoms with Gasteiger partial charge in [0.2, 0.25) is 15.4 Å². The zero-order valence-electron chi connectivity index (χ0n) is 12.2. The Hall–Kier alpha value is -1.06. The molecule has 21 heavy (non-hydrogen) atoms. The molecular formula is C12H20N4O3S2. The predicted octanol–water partition coefficient (Wildman–Crippen LogP) is 1.70. The van der Waals surface area contributed by atoms with Crippen LogP contribution in [0.5, 0.6) is 0 Å². The van der Waals surface area contributed by atoms with E-state index in [1.165, 1.54) is 4.31 Å². The zero-order chi connectivity index (χ0) is 15.5. The molecule has 1 aliphatic rings. The average molecular weight is 332 g/mol. The fraction of sp³-hybridized carbons (Fsp3) is 0.750. The maximum absolute atomic E-state index is 12.4. The number of carbonyl (C=O) groups is 1. The van der Waals surface area contributed by atoms with Crippen molar-refractivity contribution in [1.29, 1.82) is 0 Å². The second-order valence-corrected chi connectivity index (χ2v) is 8.57. The number of carbonyl (C=O) groups excluding carboxylic acids is 1. The molecule has 0 atom stereocenters. The molecule has 1 aromatic rings. The molecule has 1 saturated heterocycles. The molecule has 0 bridgehead atoms. The van der Waals surface area contributed by atoms with Crippen molar-refractivity contribution in [2.45, 2.75) is 43.9 Å². The Balaban J connectivity index is 2.06. The Labute approximate surface area is 128 Å². The first-order valence-electron chi connectivity index (χ1n) is 7.03. The van der Waals surface area contributed by atoms with Crippen LogP contribution in [0, 0.1) is 5.92 Å². The molecular weight excluding hydrogens is 312 g/mol. The molecule has 1 aromatic heterocycles. The largest absolute Gasteiger partial charge is 0.300 e. The van der Waals surface area contributed by atoms with Crippen LogP contribution in [0.4, 0.5) is 5.13 Å². The second-order valence-electron chi connectivity index (χ2n) is 5.48. The van der Waals surface area contributed by atoms with E-state index >= 15 is 0 Å². The number of anilines is 1. The normalized spacial score (nSPS) is 17.1. The first-order valence-corrected chi connectivity index (χ1v) is 9.29. The number of rotatable bonds is 5. The Morgan fingerprint density at radius 3 is 2.57 bits per heavy atom. The van der Waals surface area contributed by atoms with Gasteiger partial charge >= 0.3 is 0 Å².